The van der Waals surface area contributed by atoms with Crippen LogP contribution in [0.3, 0.4) is 0 Å². The number of aromatic nitrogens is 1. The summed E-state index contributed by atoms with van der Waals surface area (Å²) in [5, 5.41) is 3.35. The molecule has 0 aliphatic heterocycles. The third-order valence-electron chi connectivity index (χ3n) is 3.42. The number of nitrogens with one attached hydrogen (secondary N) is 1. The number of alkyl halides is 3. The van der Waals surface area contributed by atoms with Gasteiger partial charge in [-0.15, -0.1) is 13.2 Å². The fourth-order valence-electron chi connectivity index (χ4n) is 2.39. The number of hydrogen-bond acceptors (Lipinski definition) is 2. The first-order valence-corrected chi connectivity index (χ1v) is 7.20. The van der Waals surface area contributed by atoms with Gasteiger partial charge in [-0.25, -0.2) is 4.39 Å². The van der Waals surface area contributed by atoms with E-state index in [4.69, 9.17) is 0 Å². The summed E-state index contributed by atoms with van der Waals surface area (Å²) in [6.07, 6.45) is -3.11. The molecular weight excluding hydrogens is 340 g/mol. The van der Waals surface area contributed by atoms with Crippen LogP contribution in [0.5, 0.6) is 5.75 Å². The molecule has 0 aliphatic rings. The van der Waals surface area contributed by atoms with Crippen LogP contribution in [0.4, 0.5) is 23.2 Å². The van der Waals surface area contributed by atoms with Crippen molar-refractivity contribution in [3.63, 3.8) is 0 Å². The lowest BCUT2D eigenvalue weighted by atomic mass is 10.2. The Kier molecular flexibility index (Phi) is 4.35. The molecule has 2 aromatic carbocycles. The quantitative estimate of drug-likeness (QED) is 0.711. The normalized spacial score (nSPS) is 11.5. The number of nitrogens with zero attached hydrogens (tertiary/aromatic N) is 1. The van der Waals surface area contributed by atoms with E-state index in [1.54, 1.807) is 22.9 Å². The van der Waals surface area contributed by atoms with Gasteiger partial charge in [-0.2, -0.15) is 0 Å². The molecule has 1 N–H and O–H groups in total. The molecular formula is C17H12F4N2O2. The number of rotatable bonds is 4. The topological polar surface area (TPSA) is 43.3 Å². The minimum Gasteiger partial charge on any atom is -0.406 e. The number of benzene rings is 2. The van der Waals surface area contributed by atoms with E-state index < -0.39 is 18.1 Å². The van der Waals surface area contributed by atoms with E-state index in [0.717, 1.165) is 17.5 Å². The minimum absolute atomic E-state index is 0.0618. The molecule has 0 radical (unpaired) electrons. The van der Waals surface area contributed by atoms with Crippen LogP contribution in [0.25, 0.3) is 10.9 Å². The van der Waals surface area contributed by atoms with Crippen molar-refractivity contribution in [2.45, 2.75) is 12.9 Å². The zero-order valence-electron chi connectivity index (χ0n) is 12.7. The molecule has 1 amide bonds. The van der Waals surface area contributed by atoms with Crippen LogP contribution < -0.4 is 10.1 Å². The zero-order chi connectivity index (χ0) is 18.0. The number of fused-ring (bicyclic) bond motifs is 1. The molecule has 0 saturated carbocycles. The molecule has 0 aliphatic carbocycles. The van der Waals surface area contributed by atoms with Crippen molar-refractivity contribution in [2.75, 3.05) is 5.32 Å². The highest BCUT2D eigenvalue weighted by molar-refractivity contribution is 5.92. The molecule has 1 heterocycles. The summed E-state index contributed by atoms with van der Waals surface area (Å²) in [6, 6.07) is 10.8. The molecule has 1 aromatic heterocycles. The lowest BCUT2D eigenvalue weighted by molar-refractivity contribution is -0.274. The van der Waals surface area contributed by atoms with Gasteiger partial charge in [0.25, 0.3) is 0 Å². The second-order valence-electron chi connectivity index (χ2n) is 5.27. The Morgan fingerprint density at radius 3 is 2.48 bits per heavy atom. The maximum Gasteiger partial charge on any atom is 0.573 e. The van der Waals surface area contributed by atoms with Gasteiger partial charge in [0, 0.05) is 11.9 Å². The second-order valence-corrected chi connectivity index (χ2v) is 5.27. The van der Waals surface area contributed by atoms with Crippen molar-refractivity contribution in [3.05, 3.63) is 60.5 Å². The van der Waals surface area contributed by atoms with E-state index in [2.05, 4.69) is 10.1 Å². The fraction of sp³-hybridized carbons (Fsp3) is 0.118. The van der Waals surface area contributed by atoms with Gasteiger partial charge in [-0.1, -0.05) is 0 Å². The van der Waals surface area contributed by atoms with Crippen molar-refractivity contribution in [3.8, 4) is 5.75 Å². The third-order valence-corrected chi connectivity index (χ3v) is 3.42. The summed E-state index contributed by atoms with van der Waals surface area (Å²) >= 11 is 0. The zero-order valence-corrected chi connectivity index (χ0v) is 12.7. The van der Waals surface area contributed by atoms with Crippen molar-refractivity contribution in [1.82, 2.24) is 4.57 Å². The molecule has 3 rings (SSSR count). The van der Waals surface area contributed by atoms with Crippen LogP contribution in [-0.2, 0) is 11.3 Å². The number of carbonyl (C=O) groups is 1. The second kappa shape index (κ2) is 6.46. The molecule has 8 heteroatoms. The number of carbonyl (C=O) groups excluding carboxylic acids is 1. The Hall–Kier alpha value is -3.03. The van der Waals surface area contributed by atoms with Crippen LogP contribution >= 0.6 is 0 Å². The SMILES string of the molecule is O=C(Cn1ccc2ccc(F)cc21)Nc1ccc(OC(F)(F)F)cc1. The molecule has 0 bridgehead atoms. The lowest BCUT2D eigenvalue weighted by Crippen LogP contribution is -2.18. The molecule has 0 saturated heterocycles. The summed E-state index contributed by atoms with van der Waals surface area (Å²) in [4.78, 5) is 12.1. The van der Waals surface area contributed by atoms with Crippen LogP contribution in [0.15, 0.2) is 54.7 Å². The Morgan fingerprint density at radius 2 is 1.80 bits per heavy atom. The Morgan fingerprint density at radius 1 is 1.08 bits per heavy atom. The summed E-state index contributed by atoms with van der Waals surface area (Å²) in [5.41, 5.74) is 0.895. The number of amides is 1. The van der Waals surface area contributed by atoms with Crippen molar-refractivity contribution >= 4 is 22.5 Å². The van der Waals surface area contributed by atoms with E-state index in [9.17, 15) is 22.4 Å². The molecule has 0 fully saturated rings. The molecule has 3 aromatic rings. The number of halogens is 4. The molecule has 25 heavy (non-hydrogen) atoms. The molecule has 0 spiro atoms. The Balaban J connectivity index is 1.67. The lowest BCUT2D eigenvalue weighted by Gasteiger charge is -2.10. The standard InChI is InChI=1S/C17H12F4N2O2/c18-12-2-1-11-7-8-23(15(11)9-12)10-16(24)22-13-3-5-14(6-4-13)25-17(19,20)21/h1-9H,10H2,(H,22,24). The first-order valence-electron chi connectivity index (χ1n) is 7.20. The van der Waals surface area contributed by atoms with Gasteiger partial charge in [0.15, 0.2) is 0 Å². The van der Waals surface area contributed by atoms with E-state index >= 15 is 0 Å². The maximum absolute atomic E-state index is 13.3. The van der Waals surface area contributed by atoms with E-state index in [-0.39, 0.29) is 12.3 Å². The average Bonchev–Trinajstić information content (AvgIpc) is 2.90. The van der Waals surface area contributed by atoms with E-state index in [0.29, 0.717) is 11.2 Å². The molecule has 0 atom stereocenters. The molecule has 0 unspecified atom stereocenters. The van der Waals surface area contributed by atoms with Crippen molar-refractivity contribution < 1.29 is 27.1 Å². The number of ether oxygens (including phenoxy) is 1. The smallest absolute Gasteiger partial charge is 0.406 e. The molecule has 4 nitrogen and oxygen atoms in total. The van der Waals surface area contributed by atoms with Gasteiger partial charge in [-0.3, -0.25) is 4.79 Å². The summed E-state index contributed by atoms with van der Waals surface area (Å²) in [7, 11) is 0. The van der Waals surface area contributed by atoms with Gasteiger partial charge in [0.2, 0.25) is 5.91 Å². The Labute approximate surface area is 139 Å². The predicted molar refractivity (Wildman–Crippen MR) is 83.7 cm³/mol. The van der Waals surface area contributed by atoms with Gasteiger partial charge < -0.3 is 14.6 Å². The highest BCUT2D eigenvalue weighted by Gasteiger charge is 2.30. The minimum atomic E-state index is -4.77. The van der Waals surface area contributed by atoms with Crippen LogP contribution in [0.1, 0.15) is 0 Å². The van der Waals surface area contributed by atoms with Gasteiger partial charge >= 0.3 is 6.36 Å². The highest BCUT2D eigenvalue weighted by atomic mass is 19.4. The monoisotopic (exact) mass is 352 g/mol. The first kappa shape index (κ1) is 16.8. The summed E-state index contributed by atoms with van der Waals surface area (Å²) < 4.78 is 55.0. The predicted octanol–water partition coefficient (Wildman–Crippen LogP) is 4.32. The maximum atomic E-state index is 13.3. The fourth-order valence-corrected chi connectivity index (χ4v) is 2.39. The number of hydrogen-bond donors (Lipinski definition) is 1. The van der Waals surface area contributed by atoms with Crippen molar-refractivity contribution in [2.24, 2.45) is 0 Å². The van der Waals surface area contributed by atoms with Gasteiger partial charge in [-0.05, 0) is 53.9 Å². The van der Waals surface area contributed by atoms with Gasteiger partial charge in [0.05, 0.1) is 5.52 Å². The first-order chi connectivity index (χ1) is 11.8. The van der Waals surface area contributed by atoms with Crippen molar-refractivity contribution in [1.29, 1.82) is 0 Å². The van der Waals surface area contributed by atoms with Crippen LogP contribution in [0.2, 0.25) is 0 Å². The largest absolute Gasteiger partial charge is 0.573 e. The molecule has 130 valence electrons. The van der Waals surface area contributed by atoms with Gasteiger partial charge in [0.1, 0.15) is 18.1 Å². The third kappa shape index (κ3) is 4.28. The van der Waals surface area contributed by atoms with Crippen LogP contribution in [0, 0.1) is 5.82 Å². The van der Waals surface area contributed by atoms with Crippen LogP contribution in [-0.4, -0.2) is 16.8 Å². The Bertz CT molecular complexity index is 901. The van der Waals surface area contributed by atoms with E-state index in [1.165, 1.54) is 24.3 Å². The average molecular weight is 352 g/mol. The summed E-state index contributed by atoms with van der Waals surface area (Å²) in [5.74, 6) is -1.18. The summed E-state index contributed by atoms with van der Waals surface area (Å²) in [6.45, 7) is -0.0618. The number of anilines is 1. The highest BCUT2D eigenvalue weighted by Crippen LogP contribution is 2.24. The van der Waals surface area contributed by atoms with E-state index in [1.807, 2.05) is 0 Å².